The summed E-state index contributed by atoms with van der Waals surface area (Å²) in [5, 5.41) is 3.72. The lowest BCUT2D eigenvalue weighted by Crippen LogP contribution is -2.47. The second-order valence-corrected chi connectivity index (χ2v) is 8.93. The first kappa shape index (κ1) is 21.1. The molecule has 28 heavy (non-hydrogen) atoms. The van der Waals surface area contributed by atoms with Gasteiger partial charge in [0.1, 0.15) is 17.2 Å². The molecule has 1 aliphatic heterocycles. The Hall–Kier alpha value is -1.66. The maximum Gasteiger partial charge on any atom is 0.268 e. The maximum atomic E-state index is 13.2. The minimum Gasteiger partial charge on any atom is -0.496 e. The number of halogens is 1. The van der Waals surface area contributed by atoms with Crippen LogP contribution in [-0.4, -0.2) is 36.8 Å². The highest BCUT2D eigenvalue weighted by molar-refractivity contribution is 8.04. The number of nitrogens with zero attached hydrogens (tertiary/aromatic N) is 1. The lowest BCUT2D eigenvalue weighted by Gasteiger charge is -2.31. The summed E-state index contributed by atoms with van der Waals surface area (Å²) in [5.74, 6) is 1.45. The second-order valence-electron chi connectivity index (χ2n) is 7.39. The number of anilines is 1. The molecular formula is C21H27ClN2O3S. The summed E-state index contributed by atoms with van der Waals surface area (Å²) in [6, 6.07) is 7.16. The average molecular weight is 423 g/mol. The van der Waals surface area contributed by atoms with Crippen LogP contribution in [0.1, 0.15) is 39.5 Å². The van der Waals surface area contributed by atoms with E-state index in [-0.39, 0.29) is 24.4 Å². The predicted molar refractivity (Wildman–Crippen MR) is 114 cm³/mol. The summed E-state index contributed by atoms with van der Waals surface area (Å²) in [7, 11) is 0. The monoisotopic (exact) mass is 422 g/mol. The first-order chi connectivity index (χ1) is 13.5. The Labute approximate surface area is 175 Å². The van der Waals surface area contributed by atoms with Crippen molar-refractivity contribution in [2.75, 3.05) is 23.8 Å². The third kappa shape index (κ3) is 5.23. The largest absolute Gasteiger partial charge is 0.496 e. The highest BCUT2D eigenvalue weighted by Crippen LogP contribution is 2.30. The smallest absolute Gasteiger partial charge is 0.268 e. The number of carbonyl (C=O) groups is 2. The van der Waals surface area contributed by atoms with Crippen LogP contribution in [0, 0.1) is 5.92 Å². The predicted octanol–water partition coefficient (Wildman–Crippen LogP) is 4.36. The van der Waals surface area contributed by atoms with E-state index in [4.69, 9.17) is 16.3 Å². The van der Waals surface area contributed by atoms with E-state index in [9.17, 15) is 9.59 Å². The molecule has 7 heteroatoms. The Kier molecular flexibility index (Phi) is 7.30. The van der Waals surface area contributed by atoms with Crippen molar-refractivity contribution in [2.24, 2.45) is 5.92 Å². The highest BCUT2D eigenvalue weighted by Gasteiger charge is 2.29. The van der Waals surface area contributed by atoms with Gasteiger partial charge < -0.3 is 10.1 Å². The van der Waals surface area contributed by atoms with Gasteiger partial charge in [-0.2, -0.15) is 0 Å². The number of carbonyl (C=O) groups excluding carboxylic acids is 2. The fourth-order valence-electron chi connectivity index (χ4n) is 3.67. The quantitative estimate of drug-likeness (QED) is 0.765. The fraction of sp³-hybridized carbons (Fsp3) is 0.524. The van der Waals surface area contributed by atoms with E-state index in [1.54, 1.807) is 31.2 Å². The van der Waals surface area contributed by atoms with Crippen molar-refractivity contribution in [1.82, 2.24) is 5.32 Å². The van der Waals surface area contributed by atoms with Crippen LogP contribution in [0.15, 0.2) is 34.9 Å². The topological polar surface area (TPSA) is 58.6 Å². The van der Waals surface area contributed by atoms with Gasteiger partial charge in [0, 0.05) is 22.5 Å². The number of allylic oxidation sites excluding steroid dienone is 1. The molecule has 1 heterocycles. The van der Waals surface area contributed by atoms with Crippen LogP contribution in [0.3, 0.4) is 0 Å². The zero-order chi connectivity index (χ0) is 20.1. The SMILES string of the molecule is CC1=C(C(=O)N(CC(=O)NC2CCCCC2C)c2ccc(Cl)cc2)SCCO1. The minimum atomic E-state index is -0.212. The molecule has 2 aliphatic rings. The van der Waals surface area contributed by atoms with E-state index in [0.717, 1.165) is 25.0 Å². The molecule has 0 saturated heterocycles. The zero-order valence-corrected chi connectivity index (χ0v) is 17.9. The van der Waals surface area contributed by atoms with Gasteiger partial charge >= 0.3 is 0 Å². The van der Waals surface area contributed by atoms with Crippen LogP contribution in [0.5, 0.6) is 0 Å². The van der Waals surface area contributed by atoms with Crippen molar-refractivity contribution in [1.29, 1.82) is 0 Å². The summed E-state index contributed by atoms with van der Waals surface area (Å²) >= 11 is 7.48. The van der Waals surface area contributed by atoms with Gasteiger partial charge in [-0.3, -0.25) is 14.5 Å². The Morgan fingerprint density at radius 1 is 1.25 bits per heavy atom. The molecule has 3 rings (SSSR count). The molecule has 2 atom stereocenters. The molecule has 1 fully saturated rings. The number of benzene rings is 1. The molecule has 2 amide bonds. The third-order valence-electron chi connectivity index (χ3n) is 5.31. The van der Waals surface area contributed by atoms with Crippen molar-refractivity contribution < 1.29 is 14.3 Å². The average Bonchev–Trinajstić information content (AvgIpc) is 2.69. The number of thioether (sulfide) groups is 1. The highest BCUT2D eigenvalue weighted by atomic mass is 35.5. The van der Waals surface area contributed by atoms with E-state index in [2.05, 4.69) is 12.2 Å². The lowest BCUT2D eigenvalue weighted by atomic mass is 9.86. The molecule has 1 saturated carbocycles. The van der Waals surface area contributed by atoms with E-state index in [1.807, 2.05) is 0 Å². The van der Waals surface area contributed by atoms with Gasteiger partial charge in [-0.05, 0) is 49.9 Å². The molecule has 1 aromatic carbocycles. The van der Waals surface area contributed by atoms with Gasteiger partial charge in [-0.1, -0.05) is 31.4 Å². The van der Waals surface area contributed by atoms with E-state index >= 15 is 0 Å². The van der Waals surface area contributed by atoms with Gasteiger partial charge in [0.15, 0.2) is 0 Å². The minimum absolute atomic E-state index is 0.0268. The molecule has 5 nitrogen and oxygen atoms in total. The van der Waals surface area contributed by atoms with Crippen LogP contribution >= 0.6 is 23.4 Å². The molecule has 0 aromatic heterocycles. The molecule has 1 aromatic rings. The second kappa shape index (κ2) is 9.70. The number of nitrogens with one attached hydrogen (secondary N) is 1. The molecule has 0 radical (unpaired) electrons. The van der Waals surface area contributed by atoms with E-state index < -0.39 is 0 Å². The van der Waals surface area contributed by atoms with Gasteiger partial charge in [0.2, 0.25) is 5.91 Å². The Balaban J connectivity index is 1.79. The molecule has 2 unspecified atom stereocenters. The first-order valence-corrected chi connectivity index (χ1v) is 11.2. The molecule has 1 N–H and O–H groups in total. The molecule has 1 aliphatic carbocycles. The number of rotatable bonds is 5. The standard InChI is InChI=1S/C21H27ClN2O3S/c1-14-5-3-4-6-18(14)23-19(25)13-24(17-9-7-16(22)8-10-17)21(26)20-15(2)27-11-12-28-20/h7-10,14,18H,3-6,11-13H2,1-2H3,(H,23,25). The number of amides is 2. The molecule has 152 valence electrons. The van der Waals surface area contributed by atoms with Gasteiger partial charge in [-0.25, -0.2) is 0 Å². The first-order valence-electron chi connectivity index (χ1n) is 9.79. The summed E-state index contributed by atoms with van der Waals surface area (Å²) < 4.78 is 5.55. The van der Waals surface area contributed by atoms with Crippen LogP contribution in [0.2, 0.25) is 5.02 Å². The maximum absolute atomic E-state index is 13.2. The molecular weight excluding hydrogens is 396 g/mol. The van der Waals surface area contributed by atoms with Crippen molar-refractivity contribution in [3.05, 3.63) is 40.0 Å². The summed E-state index contributed by atoms with van der Waals surface area (Å²) in [6.07, 6.45) is 4.48. The van der Waals surface area contributed by atoms with Gasteiger partial charge in [0.25, 0.3) is 5.91 Å². The van der Waals surface area contributed by atoms with Crippen molar-refractivity contribution in [3.63, 3.8) is 0 Å². The Morgan fingerprint density at radius 3 is 2.64 bits per heavy atom. The number of hydrogen-bond donors (Lipinski definition) is 1. The van der Waals surface area contributed by atoms with E-state index in [0.29, 0.717) is 33.9 Å². The Bertz CT molecular complexity index is 751. The van der Waals surface area contributed by atoms with Crippen LogP contribution in [-0.2, 0) is 14.3 Å². The van der Waals surface area contributed by atoms with Crippen LogP contribution in [0.25, 0.3) is 0 Å². The summed E-state index contributed by atoms with van der Waals surface area (Å²) in [4.78, 5) is 28.1. The number of ether oxygens (including phenoxy) is 1. The molecule has 0 spiro atoms. The van der Waals surface area contributed by atoms with Crippen molar-refractivity contribution >= 4 is 40.9 Å². The normalized spacial score (nSPS) is 22.4. The lowest BCUT2D eigenvalue weighted by molar-refractivity contribution is -0.123. The summed E-state index contributed by atoms with van der Waals surface area (Å²) in [6.45, 7) is 4.54. The van der Waals surface area contributed by atoms with Crippen LogP contribution < -0.4 is 10.2 Å². The van der Waals surface area contributed by atoms with Gasteiger partial charge in [-0.15, -0.1) is 11.8 Å². The van der Waals surface area contributed by atoms with E-state index in [1.165, 1.54) is 23.1 Å². The van der Waals surface area contributed by atoms with Crippen molar-refractivity contribution in [2.45, 2.75) is 45.6 Å². The fourth-order valence-corrected chi connectivity index (χ4v) is 4.66. The Morgan fingerprint density at radius 2 is 1.96 bits per heavy atom. The van der Waals surface area contributed by atoms with Crippen molar-refractivity contribution in [3.8, 4) is 0 Å². The van der Waals surface area contributed by atoms with Crippen LogP contribution in [0.4, 0.5) is 5.69 Å². The molecule has 0 bridgehead atoms. The summed E-state index contributed by atoms with van der Waals surface area (Å²) in [5.41, 5.74) is 0.646. The number of hydrogen-bond acceptors (Lipinski definition) is 4. The zero-order valence-electron chi connectivity index (χ0n) is 16.4. The van der Waals surface area contributed by atoms with Gasteiger partial charge in [0.05, 0.1) is 6.61 Å². The third-order valence-corrected chi connectivity index (χ3v) is 6.68.